The van der Waals surface area contributed by atoms with E-state index in [9.17, 15) is 9.18 Å². The third-order valence-electron chi connectivity index (χ3n) is 6.53. The third kappa shape index (κ3) is 2.84. The predicted molar refractivity (Wildman–Crippen MR) is 107 cm³/mol. The van der Waals surface area contributed by atoms with Crippen molar-refractivity contribution in [3.8, 4) is 11.4 Å². The number of nitrogens with one attached hydrogen (secondary N) is 1. The van der Waals surface area contributed by atoms with Crippen LogP contribution in [-0.2, 0) is 17.3 Å². The number of rotatable bonds is 4. The Kier molecular flexibility index (Phi) is 4.01. The standard InChI is InChI=1S/C22H22FN5O/c1-13-3-4-16(9-17(13)20-24-11-15(23)12-25-20)26-21(29)19-14-5-7-22(19,10-14)18-6-8-28(2)27-18/h3-4,6,8-9,11-12,14,19H,5,7,10H2,1-2H3,(H,26,29)/t14?,19-,22+/m0/s1. The smallest absolute Gasteiger partial charge is 0.228 e. The molecule has 3 aliphatic carbocycles. The molecule has 1 N–H and O–H groups in total. The lowest BCUT2D eigenvalue weighted by atomic mass is 9.58. The highest BCUT2D eigenvalue weighted by atomic mass is 19.1. The van der Waals surface area contributed by atoms with Crippen LogP contribution in [0, 0.1) is 24.6 Å². The number of halogens is 1. The molecule has 3 aromatic rings. The van der Waals surface area contributed by atoms with E-state index in [0.717, 1.165) is 48.5 Å². The average Bonchev–Trinajstić information content (AvgIpc) is 3.39. The molecule has 1 aromatic carbocycles. The molecule has 7 heteroatoms. The maximum absolute atomic E-state index is 13.2. The maximum atomic E-state index is 13.2. The number of carbonyl (C=O) groups excluding carboxylic acids is 1. The Hall–Kier alpha value is -3.09. The number of anilines is 1. The molecule has 0 saturated heterocycles. The fraction of sp³-hybridized carbons (Fsp3) is 0.364. The first-order valence-electron chi connectivity index (χ1n) is 9.86. The van der Waals surface area contributed by atoms with Crippen LogP contribution >= 0.6 is 0 Å². The van der Waals surface area contributed by atoms with E-state index in [0.29, 0.717) is 17.4 Å². The van der Waals surface area contributed by atoms with Gasteiger partial charge in [0.05, 0.1) is 24.0 Å². The molecule has 1 unspecified atom stereocenters. The average molecular weight is 391 g/mol. The highest BCUT2D eigenvalue weighted by Gasteiger charge is 2.63. The van der Waals surface area contributed by atoms with Crippen LogP contribution in [0.3, 0.4) is 0 Å². The van der Waals surface area contributed by atoms with Crippen molar-refractivity contribution in [3.05, 3.63) is 59.9 Å². The highest BCUT2D eigenvalue weighted by Crippen LogP contribution is 2.63. The van der Waals surface area contributed by atoms with Crippen molar-refractivity contribution in [1.82, 2.24) is 19.7 Å². The van der Waals surface area contributed by atoms with Crippen LogP contribution in [0.5, 0.6) is 0 Å². The molecule has 2 bridgehead atoms. The SMILES string of the molecule is Cc1ccc(NC(=O)[C@@H]2C3CC[C@]2(c2ccn(C)n2)C3)cc1-c1ncc(F)cn1. The van der Waals surface area contributed by atoms with Gasteiger partial charge in [0.2, 0.25) is 5.91 Å². The van der Waals surface area contributed by atoms with E-state index >= 15 is 0 Å². The second kappa shape index (κ2) is 6.47. The zero-order chi connectivity index (χ0) is 20.2. The van der Waals surface area contributed by atoms with Gasteiger partial charge in [-0.25, -0.2) is 14.4 Å². The number of nitrogens with zero attached hydrogens (tertiary/aromatic N) is 4. The molecule has 2 heterocycles. The molecule has 6 nitrogen and oxygen atoms in total. The van der Waals surface area contributed by atoms with Crippen LogP contribution in [0.15, 0.2) is 42.9 Å². The minimum absolute atomic E-state index is 0.0410. The van der Waals surface area contributed by atoms with E-state index < -0.39 is 5.82 Å². The topological polar surface area (TPSA) is 72.7 Å². The van der Waals surface area contributed by atoms with Crippen molar-refractivity contribution < 1.29 is 9.18 Å². The molecule has 29 heavy (non-hydrogen) atoms. The molecule has 0 spiro atoms. The van der Waals surface area contributed by atoms with Gasteiger partial charge in [-0.05, 0) is 55.9 Å². The van der Waals surface area contributed by atoms with Gasteiger partial charge in [0.25, 0.3) is 0 Å². The Morgan fingerprint density at radius 2 is 2.07 bits per heavy atom. The summed E-state index contributed by atoms with van der Waals surface area (Å²) >= 11 is 0. The first kappa shape index (κ1) is 18.0. The summed E-state index contributed by atoms with van der Waals surface area (Å²) < 4.78 is 15.0. The molecule has 0 aliphatic heterocycles. The maximum Gasteiger partial charge on any atom is 0.228 e. The van der Waals surface area contributed by atoms with Gasteiger partial charge in [-0.1, -0.05) is 6.07 Å². The zero-order valence-corrected chi connectivity index (χ0v) is 16.4. The number of aromatic nitrogens is 4. The lowest BCUT2D eigenvalue weighted by molar-refractivity contribution is -0.127. The summed E-state index contributed by atoms with van der Waals surface area (Å²) in [4.78, 5) is 21.3. The van der Waals surface area contributed by atoms with Crippen LogP contribution in [0.1, 0.15) is 30.5 Å². The van der Waals surface area contributed by atoms with Crippen molar-refractivity contribution >= 4 is 11.6 Å². The first-order valence-corrected chi connectivity index (χ1v) is 9.86. The summed E-state index contributed by atoms with van der Waals surface area (Å²) in [6, 6.07) is 7.70. The van der Waals surface area contributed by atoms with E-state index in [2.05, 4.69) is 20.4 Å². The number of hydrogen-bond donors (Lipinski definition) is 1. The molecule has 6 rings (SSSR count). The van der Waals surface area contributed by atoms with Crippen LogP contribution < -0.4 is 5.32 Å². The van der Waals surface area contributed by atoms with Gasteiger partial charge in [-0.3, -0.25) is 9.48 Å². The second-order valence-electron chi connectivity index (χ2n) is 8.26. The molecular weight excluding hydrogens is 369 g/mol. The van der Waals surface area contributed by atoms with Gasteiger partial charge >= 0.3 is 0 Å². The molecule has 0 radical (unpaired) electrons. The first-order chi connectivity index (χ1) is 14.0. The Labute approximate surface area is 168 Å². The summed E-state index contributed by atoms with van der Waals surface area (Å²) in [5.41, 5.74) is 3.33. The largest absolute Gasteiger partial charge is 0.326 e. The number of fused-ring (bicyclic) bond motifs is 1. The Morgan fingerprint density at radius 3 is 2.76 bits per heavy atom. The summed E-state index contributed by atoms with van der Waals surface area (Å²) in [6.07, 6.45) is 7.35. The second-order valence-corrected chi connectivity index (χ2v) is 8.26. The molecule has 1 amide bonds. The Morgan fingerprint density at radius 1 is 1.28 bits per heavy atom. The van der Waals surface area contributed by atoms with Crippen molar-refractivity contribution in [1.29, 1.82) is 0 Å². The van der Waals surface area contributed by atoms with Crippen molar-refractivity contribution in [3.63, 3.8) is 0 Å². The minimum atomic E-state index is -0.476. The summed E-state index contributed by atoms with van der Waals surface area (Å²) in [5, 5.41) is 7.70. The normalized spacial score (nSPS) is 24.9. The molecule has 3 aliphatic rings. The zero-order valence-electron chi connectivity index (χ0n) is 16.4. The summed E-state index contributed by atoms with van der Waals surface area (Å²) in [6.45, 7) is 1.94. The van der Waals surface area contributed by atoms with Crippen LogP contribution in [0.2, 0.25) is 0 Å². The van der Waals surface area contributed by atoms with E-state index in [1.807, 2.05) is 44.4 Å². The number of hydrogen-bond acceptors (Lipinski definition) is 4. The molecule has 148 valence electrons. The van der Waals surface area contributed by atoms with Gasteiger partial charge in [0, 0.05) is 29.9 Å². The number of carbonyl (C=O) groups is 1. The van der Waals surface area contributed by atoms with Crippen LogP contribution in [-0.4, -0.2) is 25.7 Å². The summed E-state index contributed by atoms with van der Waals surface area (Å²) in [7, 11) is 1.91. The van der Waals surface area contributed by atoms with Crippen LogP contribution in [0.25, 0.3) is 11.4 Å². The molecular formula is C22H22FN5O. The van der Waals surface area contributed by atoms with Gasteiger partial charge < -0.3 is 5.32 Å². The number of benzene rings is 1. The van der Waals surface area contributed by atoms with Crippen molar-refractivity contribution in [2.45, 2.75) is 31.6 Å². The minimum Gasteiger partial charge on any atom is -0.326 e. The van der Waals surface area contributed by atoms with E-state index in [1.165, 1.54) is 0 Å². The van der Waals surface area contributed by atoms with E-state index in [1.54, 1.807) is 4.68 Å². The van der Waals surface area contributed by atoms with Gasteiger partial charge in [0.15, 0.2) is 11.6 Å². The van der Waals surface area contributed by atoms with E-state index in [-0.39, 0.29) is 17.2 Å². The monoisotopic (exact) mass is 391 g/mol. The molecule has 2 aromatic heterocycles. The van der Waals surface area contributed by atoms with Gasteiger partial charge in [-0.15, -0.1) is 0 Å². The Balaban J connectivity index is 1.40. The van der Waals surface area contributed by atoms with Crippen LogP contribution in [0.4, 0.5) is 10.1 Å². The fourth-order valence-corrected chi connectivity index (χ4v) is 5.12. The third-order valence-corrected chi connectivity index (χ3v) is 6.53. The molecule has 3 saturated carbocycles. The lowest BCUT2D eigenvalue weighted by Gasteiger charge is -2.45. The fourth-order valence-electron chi connectivity index (χ4n) is 5.12. The Bertz CT molecular complexity index is 1090. The predicted octanol–water partition coefficient (Wildman–Crippen LogP) is 3.63. The van der Waals surface area contributed by atoms with Gasteiger partial charge in [-0.2, -0.15) is 5.10 Å². The highest BCUT2D eigenvalue weighted by molar-refractivity contribution is 5.95. The van der Waals surface area contributed by atoms with E-state index in [4.69, 9.17) is 0 Å². The number of aryl methyl sites for hydroxylation is 2. The molecule has 3 atom stereocenters. The van der Waals surface area contributed by atoms with Gasteiger partial charge in [0.1, 0.15) is 0 Å². The quantitative estimate of drug-likeness (QED) is 0.737. The summed E-state index contributed by atoms with van der Waals surface area (Å²) in [5.74, 6) is 0.371. The molecule has 3 fully saturated rings. The lowest BCUT2D eigenvalue weighted by Crippen LogP contribution is -2.50. The van der Waals surface area contributed by atoms with Crippen molar-refractivity contribution in [2.75, 3.05) is 5.32 Å². The van der Waals surface area contributed by atoms with Crippen molar-refractivity contribution in [2.24, 2.45) is 18.9 Å². The number of amides is 1.